The summed E-state index contributed by atoms with van der Waals surface area (Å²) in [6, 6.07) is 43.8. The van der Waals surface area contributed by atoms with E-state index in [1.807, 2.05) is 25.5 Å². The molecule has 2 heteroatoms. The first-order valence-electron chi connectivity index (χ1n) is 13.2. The van der Waals surface area contributed by atoms with Crippen LogP contribution in [0.25, 0.3) is 66.1 Å². The normalized spacial score (nSPS) is 11.2. The molecule has 0 fully saturated rings. The molecule has 184 valence electrons. The Balaban J connectivity index is 1.41. The van der Waals surface area contributed by atoms with Crippen molar-refractivity contribution in [1.29, 1.82) is 0 Å². The van der Waals surface area contributed by atoms with E-state index < -0.39 is 0 Å². The van der Waals surface area contributed by atoms with Crippen LogP contribution in [-0.2, 0) is 0 Å². The van der Waals surface area contributed by atoms with E-state index in [9.17, 15) is 0 Å². The van der Waals surface area contributed by atoms with E-state index >= 15 is 0 Å². The van der Waals surface area contributed by atoms with Crippen molar-refractivity contribution in [1.82, 2.24) is 9.97 Å². The number of hydrogen-bond donors (Lipinski definition) is 0. The highest BCUT2D eigenvalue weighted by atomic mass is 14.6. The molecule has 0 unspecified atom stereocenters. The number of pyridine rings is 2. The minimum Gasteiger partial charge on any atom is -0.265 e. The van der Waals surface area contributed by atoms with Crippen LogP contribution in [0.5, 0.6) is 0 Å². The Bertz CT molecular complexity index is 1880. The predicted octanol–water partition coefficient (Wildman–Crippen LogP) is 9.76. The van der Waals surface area contributed by atoms with E-state index in [0.717, 1.165) is 5.69 Å². The minimum atomic E-state index is 1.03. The van der Waals surface area contributed by atoms with Gasteiger partial charge in [-0.2, -0.15) is 0 Å². The number of aryl methyl sites for hydroxylation is 1. The standard InChI is InChI=1S/C37H26N2/c1-25-24-31(20-23-39-25)27-12-16-30(17-13-27)37-34-8-4-2-6-32(34)36(33-7-3-5-9-35(33)37)29-14-10-26(11-15-29)28-18-21-38-22-19-28/h2-24H,1H3. The molecule has 2 heterocycles. The molecule has 2 aromatic heterocycles. The van der Waals surface area contributed by atoms with Gasteiger partial charge < -0.3 is 0 Å². The van der Waals surface area contributed by atoms with E-state index in [2.05, 4.69) is 131 Å². The molecule has 7 rings (SSSR count). The second-order valence-corrected chi connectivity index (χ2v) is 9.92. The van der Waals surface area contributed by atoms with Gasteiger partial charge in [-0.3, -0.25) is 9.97 Å². The van der Waals surface area contributed by atoms with E-state index in [1.54, 1.807) is 0 Å². The second-order valence-electron chi connectivity index (χ2n) is 9.92. The summed E-state index contributed by atoms with van der Waals surface area (Å²) in [6.07, 6.45) is 5.56. The summed E-state index contributed by atoms with van der Waals surface area (Å²) >= 11 is 0. The number of fused-ring (bicyclic) bond motifs is 2. The zero-order valence-corrected chi connectivity index (χ0v) is 21.7. The average molecular weight is 499 g/mol. The molecule has 0 aliphatic carbocycles. The maximum Gasteiger partial charge on any atom is 0.0378 e. The van der Waals surface area contributed by atoms with Gasteiger partial charge in [-0.1, -0.05) is 97.1 Å². The number of rotatable bonds is 4. The zero-order chi connectivity index (χ0) is 26.2. The summed E-state index contributed by atoms with van der Waals surface area (Å²) in [5, 5.41) is 5.04. The van der Waals surface area contributed by atoms with Gasteiger partial charge in [0, 0.05) is 24.3 Å². The molecule has 0 atom stereocenters. The van der Waals surface area contributed by atoms with Crippen molar-refractivity contribution in [3.63, 3.8) is 0 Å². The topological polar surface area (TPSA) is 25.8 Å². The van der Waals surface area contributed by atoms with Crippen LogP contribution in [-0.4, -0.2) is 9.97 Å². The van der Waals surface area contributed by atoms with Crippen molar-refractivity contribution in [3.8, 4) is 44.5 Å². The van der Waals surface area contributed by atoms with E-state index in [1.165, 1.54) is 66.1 Å². The summed E-state index contributed by atoms with van der Waals surface area (Å²) in [7, 11) is 0. The van der Waals surface area contributed by atoms with E-state index in [0.29, 0.717) is 0 Å². The molecule has 0 bridgehead atoms. The Hall–Kier alpha value is -5.08. The molecule has 0 N–H and O–H groups in total. The van der Waals surface area contributed by atoms with Crippen LogP contribution < -0.4 is 0 Å². The molecular weight excluding hydrogens is 472 g/mol. The fourth-order valence-electron chi connectivity index (χ4n) is 5.68. The SMILES string of the molecule is Cc1cc(-c2ccc(-c3c4ccccc4c(-c4ccc(-c5ccncc5)cc4)c4ccccc34)cc2)ccn1. The number of benzene rings is 5. The van der Waals surface area contributed by atoms with Crippen LogP contribution in [0.15, 0.2) is 140 Å². The lowest BCUT2D eigenvalue weighted by Crippen LogP contribution is -1.91. The van der Waals surface area contributed by atoms with Crippen LogP contribution in [0.1, 0.15) is 5.69 Å². The van der Waals surface area contributed by atoms with Gasteiger partial charge in [0.1, 0.15) is 0 Å². The van der Waals surface area contributed by atoms with Crippen LogP contribution in [0.4, 0.5) is 0 Å². The number of nitrogens with zero attached hydrogens (tertiary/aromatic N) is 2. The van der Waals surface area contributed by atoms with Gasteiger partial charge in [-0.05, 0) is 97.2 Å². The molecule has 2 nitrogen and oxygen atoms in total. The third-order valence-electron chi connectivity index (χ3n) is 7.52. The summed E-state index contributed by atoms with van der Waals surface area (Å²) in [4.78, 5) is 8.51. The van der Waals surface area contributed by atoms with Gasteiger partial charge in [0.25, 0.3) is 0 Å². The lowest BCUT2D eigenvalue weighted by molar-refractivity contribution is 1.20. The van der Waals surface area contributed by atoms with Crippen molar-refractivity contribution in [2.45, 2.75) is 6.92 Å². The van der Waals surface area contributed by atoms with Crippen molar-refractivity contribution < 1.29 is 0 Å². The fourth-order valence-corrected chi connectivity index (χ4v) is 5.68. The highest BCUT2D eigenvalue weighted by Crippen LogP contribution is 2.44. The lowest BCUT2D eigenvalue weighted by atomic mass is 9.85. The molecule has 0 aliphatic heterocycles. The molecular formula is C37H26N2. The van der Waals surface area contributed by atoms with Crippen molar-refractivity contribution in [2.75, 3.05) is 0 Å². The monoisotopic (exact) mass is 498 g/mol. The molecule has 5 aromatic carbocycles. The molecule has 0 radical (unpaired) electrons. The summed E-state index contributed by atoms with van der Waals surface area (Å²) in [5.74, 6) is 0. The first kappa shape index (κ1) is 23.1. The van der Waals surface area contributed by atoms with Gasteiger partial charge in [0.2, 0.25) is 0 Å². The Morgan fingerprint density at radius 2 is 0.769 bits per heavy atom. The first-order chi connectivity index (χ1) is 19.3. The molecule has 7 aromatic rings. The lowest BCUT2D eigenvalue weighted by Gasteiger charge is -2.18. The minimum absolute atomic E-state index is 1.03. The molecule has 0 amide bonds. The van der Waals surface area contributed by atoms with Gasteiger partial charge in [-0.15, -0.1) is 0 Å². The Kier molecular flexibility index (Phi) is 5.71. The van der Waals surface area contributed by atoms with Gasteiger partial charge in [0.15, 0.2) is 0 Å². The van der Waals surface area contributed by atoms with Crippen LogP contribution in [0, 0.1) is 6.92 Å². The van der Waals surface area contributed by atoms with Crippen molar-refractivity contribution >= 4 is 21.5 Å². The Morgan fingerprint density at radius 3 is 1.23 bits per heavy atom. The first-order valence-corrected chi connectivity index (χ1v) is 13.2. The molecule has 0 saturated carbocycles. The molecule has 0 spiro atoms. The highest BCUT2D eigenvalue weighted by molar-refractivity contribution is 6.21. The quantitative estimate of drug-likeness (QED) is 0.226. The predicted molar refractivity (Wildman–Crippen MR) is 164 cm³/mol. The molecule has 39 heavy (non-hydrogen) atoms. The zero-order valence-electron chi connectivity index (χ0n) is 21.7. The van der Waals surface area contributed by atoms with E-state index in [4.69, 9.17) is 0 Å². The Labute approximate surface area is 228 Å². The van der Waals surface area contributed by atoms with Gasteiger partial charge in [-0.25, -0.2) is 0 Å². The van der Waals surface area contributed by atoms with E-state index in [-0.39, 0.29) is 0 Å². The summed E-state index contributed by atoms with van der Waals surface area (Å²) < 4.78 is 0. The van der Waals surface area contributed by atoms with Crippen molar-refractivity contribution in [2.24, 2.45) is 0 Å². The molecule has 0 saturated heterocycles. The van der Waals surface area contributed by atoms with Gasteiger partial charge in [0.05, 0.1) is 0 Å². The number of hydrogen-bond acceptors (Lipinski definition) is 2. The van der Waals surface area contributed by atoms with Crippen LogP contribution in [0.2, 0.25) is 0 Å². The number of aromatic nitrogens is 2. The van der Waals surface area contributed by atoms with Gasteiger partial charge >= 0.3 is 0 Å². The third kappa shape index (κ3) is 4.17. The fraction of sp³-hybridized carbons (Fsp3) is 0.0270. The smallest absolute Gasteiger partial charge is 0.0378 e. The maximum absolute atomic E-state index is 4.35. The Morgan fingerprint density at radius 1 is 0.385 bits per heavy atom. The van der Waals surface area contributed by atoms with Crippen molar-refractivity contribution in [3.05, 3.63) is 146 Å². The largest absolute Gasteiger partial charge is 0.265 e. The second kappa shape index (κ2) is 9.66. The van der Waals surface area contributed by atoms with Crippen LogP contribution >= 0.6 is 0 Å². The average Bonchev–Trinajstić information content (AvgIpc) is 3.00. The third-order valence-corrected chi connectivity index (χ3v) is 7.52. The maximum atomic E-state index is 4.35. The summed E-state index contributed by atoms with van der Waals surface area (Å²) in [5.41, 5.74) is 10.8. The molecule has 0 aliphatic rings. The highest BCUT2D eigenvalue weighted by Gasteiger charge is 2.16. The summed E-state index contributed by atoms with van der Waals surface area (Å²) in [6.45, 7) is 2.03. The van der Waals surface area contributed by atoms with Crippen LogP contribution in [0.3, 0.4) is 0 Å².